The average molecular weight is 262 g/mol. The SMILES string of the molecule is CCNc1cc(N2CC(C)C(C)C2)nc(C(C)C)n1. The Morgan fingerprint density at radius 1 is 1.26 bits per heavy atom. The van der Waals surface area contributed by atoms with Crippen LogP contribution in [0.4, 0.5) is 11.6 Å². The molecule has 2 atom stereocenters. The minimum absolute atomic E-state index is 0.356. The Hall–Kier alpha value is -1.32. The van der Waals surface area contributed by atoms with Crippen LogP contribution in [-0.4, -0.2) is 29.6 Å². The predicted octanol–water partition coefficient (Wildman–Crippen LogP) is 3.12. The van der Waals surface area contributed by atoms with Crippen LogP contribution in [-0.2, 0) is 0 Å². The van der Waals surface area contributed by atoms with Crippen LogP contribution in [0.3, 0.4) is 0 Å². The van der Waals surface area contributed by atoms with E-state index in [1.807, 2.05) is 0 Å². The molecule has 2 rings (SSSR count). The van der Waals surface area contributed by atoms with Gasteiger partial charge in [-0.15, -0.1) is 0 Å². The maximum atomic E-state index is 4.74. The van der Waals surface area contributed by atoms with Crippen LogP contribution >= 0.6 is 0 Å². The van der Waals surface area contributed by atoms with Crippen LogP contribution in [0.2, 0.25) is 0 Å². The van der Waals surface area contributed by atoms with E-state index in [0.29, 0.717) is 5.92 Å². The Morgan fingerprint density at radius 2 is 1.89 bits per heavy atom. The van der Waals surface area contributed by atoms with Crippen molar-refractivity contribution in [1.29, 1.82) is 0 Å². The fourth-order valence-electron chi connectivity index (χ4n) is 2.46. The second-order valence-corrected chi connectivity index (χ2v) is 6.01. The lowest BCUT2D eigenvalue weighted by Crippen LogP contribution is -2.22. The topological polar surface area (TPSA) is 41.0 Å². The van der Waals surface area contributed by atoms with Gasteiger partial charge in [0.25, 0.3) is 0 Å². The predicted molar refractivity (Wildman–Crippen MR) is 80.8 cm³/mol. The summed E-state index contributed by atoms with van der Waals surface area (Å²) in [6, 6.07) is 2.08. The van der Waals surface area contributed by atoms with E-state index in [9.17, 15) is 0 Å². The van der Waals surface area contributed by atoms with Crippen molar-refractivity contribution in [3.05, 3.63) is 11.9 Å². The van der Waals surface area contributed by atoms with E-state index < -0.39 is 0 Å². The van der Waals surface area contributed by atoms with Crippen molar-refractivity contribution in [1.82, 2.24) is 9.97 Å². The molecule has 2 heterocycles. The summed E-state index contributed by atoms with van der Waals surface area (Å²) in [7, 11) is 0. The Balaban J connectivity index is 2.28. The van der Waals surface area contributed by atoms with Crippen molar-refractivity contribution in [3.8, 4) is 0 Å². The van der Waals surface area contributed by atoms with Crippen LogP contribution in [0.1, 0.15) is 46.4 Å². The molecule has 1 N–H and O–H groups in total. The molecule has 1 saturated heterocycles. The lowest BCUT2D eigenvalue weighted by molar-refractivity contribution is 0.494. The fraction of sp³-hybridized carbons (Fsp3) is 0.733. The Bertz CT molecular complexity index is 420. The Labute approximate surface area is 116 Å². The van der Waals surface area contributed by atoms with E-state index in [0.717, 1.165) is 48.9 Å². The van der Waals surface area contributed by atoms with Crippen molar-refractivity contribution in [2.24, 2.45) is 11.8 Å². The van der Waals surface area contributed by atoms with E-state index in [2.05, 4.69) is 55.9 Å². The zero-order valence-electron chi connectivity index (χ0n) is 12.8. The molecule has 1 aromatic rings. The van der Waals surface area contributed by atoms with E-state index in [-0.39, 0.29) is 0 Å². The lowest BCUT2D eigenvalue weighted by atomic mass is 10.0. The Kier molecular flexibility index (Phi) is 4.27. The summed E-state index contributed by atoms with van der Waals surface area (Å²) in [5.74, 6) is 4.78. The van der Waals surface area contributed by atoms with Gasteiger partial charge in [-0.2, -0.15) is 0 Å². The maximum Gasteiger partial charge on any atom is 0.135 e. The van der Waals surface area contributed by atoms with E-state index in [1.165, 1.54) is 0 Å². The van der Waals surface area contributed by atoms with Gasteiger partial charge in [-0.05, 0) is 18.8 Å². The van der Waals surface area contributed by atoms with Gasteiger partial charge >= 0.3 is 0 Å². The fourth-order valence-corrected chi connectivity index (χ4v) is 2.46. The van der Waals surface area contributed by atoms with Gasteiger partial charge < -0.3 is 10.2 Å². The summed E-state index contributed by atoms with van der Waals surface area (Å²) < 4.78 is 0. The second kappa shape index (κ2) is 5.76. The first-order valence-electron chi connectivity index (χ1n) is 7.39. The number of hydrogen-bond donors (Lipinski definition) is 1. The van der Waals surface area contributed by atoms with Crippen molar-refractivity contribution in [2.75, 3.05) is 29.9 Å². The summed E-state index contributed by atoms with van der Waals surface area (Å²) in [4.78, 5) is 11.7. The molecular formula is C15H26N4. The smallest absolute Gasteiger partial charge is 0.135 e. The minimum Gasteiger partial charge on any atom is -0.370 e. The number of hydrogen-bond acceptors (Lipinski definition) is 4. The van der Waals surface area contributed by atoms with Gasteiger partial charge in [0.1, 0.15) is 17.5 Å². The van der Waals surface area contributed by atoms with Gasteiger partial charge in [-0.1, -0.05) is 27.7 Å². The summed E-state index contributed by atoms with van der Waals surface area (Å²) in [5, 5.41) is 3.31. The molecule has 4 heteroatoms. The molecule has 0 spiro atoms. The molecule has 106 valence electrons. The van der Waals surface area contributed by atoms with Crippen molar-refractivity contribution < 1.29 is 0 Å². The van der Waals surface area contributed by atoms with Crippen molar-refractivity contribution in [2.45, 2.75) is 40.5 Å². The first-order chi connectivity index (χ1) is 9.01. The molecule has 0 aliphatic carbocycles. The third-order valence-electron chi connectivity index (χ3n) is 3.92. The monoisotopic (exact) mass is 262 g/mol. The molecular weight excluding hydrogens is 236 g/mol. The maximum absolute atomic E-state index is 4.74. The molecule has 0 aromatic carbocycles. The lowest BCUT2D eigenvalue weighted by Gasteiger charge is -2.19. The quantitative estimate of drug-likeness (QED) is 0.905. The summed E-state index contributed by atoms with van der Waals surface area (Å²) in [6.45, 7) is 14.1. The Morgan fingerprint density at radius 3 is 2.42 bits per heavy atom. The number of nitrogens with zero attached hydrogens (tertiary/aromatic N) is 3. The highest BCUT2D eigenvalue weighted by atomic mass is 15.2. The van der Waals surface area contributed by atoms with Gasteiger partial charge in [-0.3, -0.25) is 0 Å². The third-order valence-corrected chi connectivity index (χ3v) is 3.92. The van der Waals surface area contributed by atoms with Crippen LogP contribution in [0, 0.1) is 11.8 Å². The number of anilines is 2. The number of aromatic nitrogens is 2. The largest absolute Gasteiger partial charge is 0.370 e. The minimum atomic E-state index is 0.356. The zero-order chi connectivity index (χ0) is 14.0. The first-order valence-corrected chi connectivity index (χ1v) is 7.39. The summed E-state index contributed by atoms with van der Waals surface area (Å²) in [6.07, 6.45) is 0. The standard InChI is InChI=1S/C15H26N4/c1-6-16-13-7-14(18-15(17-13)10(2)3)19-8-11(4)12(5)9-19/h7,10-12H,6,8-9H2,1-5H3,(H,16,17,18). The van der Waals surface area contributed by atoms with Crippen LogP contribution in [0.15, 0.2) is 6.07 Å². The molecule has 0 amide bonds. The molecule has 1 aliphatic heterocycles. The highest BCUT2D eigenvalue weighted by Gasteiger charge is 2.27. The van der Waals surface area contributed by atoms with Crippen LogP contribution in [0.5, 0.6) is 0 Å². The van der Waals surface area contributed by atoms with Crippen molar-refractivity contribution >= 4 is 11.6 Å². The van der Waals surface area contributed by atoms with Crippen LogP contribution in [0.25, 0.3) is 0 Å². The van der Waals surface area contributed by atoms with Gasteiger partial charge in [0.05, 0.1) is 0 Å². The highest BCUT2D eigenvalue weighted by Crippen LogP contribution is 2.28. The molecule has 0 bridgehead atoms. The number of rotatable bonds is 4. The molecule has 1 fully saturated rings. The van der Waals surface area contributed by atoms with Gasteiger partial charge in [0.2, 0.25) is 0 Å². The van der Waals surface area contributed by atoms with E-state index >= 15 is 0 Å². The van der Waals surface area contributed by atoms with Gasteiger partial charge in [0.15, 0.2) is 0 Å². The molecule has 2 unspecified atom stereocenters. The normalized spacial score (nSPS) is 23.2. The van der Waals surface area contributed by atoms with Crippen LogP contribution < -0.4 is 10.2 Å². The van der Waals surface area contributed by atoms with Gasteiger partial charge in [0, 0.05) is 31.6 Å². The summed E-state index contributed by atoms with van der Waals surface area (Å²) >= 11 is 0. The number of nitrogens with one attached hydrogen (secondary N) is 1. The molecule has 1 aliphatic rings. The molecule has 19 heavy (non-hydrogen) atoms. The van der Waals surface area contributed by atoms with Crippen molar-refractivity contribution in [3.63, 3.8) is 0 Å². The highest BCUT2D eigenvalue weighted by molar-refractivity contribution is 5.50. The van der Waals surface area contributed by atoms with Gasteiger partial charge in [-0.25, -0.2) is 9.97 Å². The molecule has 1 aromatic heterocycles. The van der Waals surface area contributed by atoms with E-state index in [1.54, 1.807) is 0 Å². The second-order valence-electron chi connectivity index (χ2n) is 6.01. The first kappa shape index (κ1) is 14.1. The summed E-state index contributed by atoms with van der Waals surface area (Å²) in [5.41, 5.74) is 0. The molecule has 4 nitrogen and oxygen atoms in total. The molecule has 0 saturated carbocycles. The average Bonchev–Trinajstić information content (AvgIpc) is 2.70. The third kappa shape index (κ3) is 3.17. The molecule has 0 radical (unpaired) electrons. The van der Waals surface area contributed by atoms with E-state index in [4.69, 9.17) is 4.98 Å². The zero-order valence-corrected chi connectivity index (χ0v) is 12.8.